The van der Waals surface area contributed by atoms with E-state index in [-0.39, 0.29) is 0 Å². The van der Waals surface area contributed by atoms with Crippen LogP contribution in [0.3, 0.4) is 0 Å². The zero-order valence-corrected chi connectivity index (χ0v) is 17.1. The quantitative estimate of drug-likeness (QED) is 0.448. The third-order valence-electron chi connectivity index (χ3n) is 4.73. The van der Waals surface area contributed by atoms with Gasteiger partial charge in [-0.25, -0.2) is 8.93 Å². The first kappa shape index (κ1) is 20.8. The van der Waals surface area contributed by atoms with Crippen LogP contribution in [0.15, 0.2) is 84.3 Å². The minimum absolute atomic E-state index is 0.455. The van der Waals surface area contributed by atoms with Crippen LogP contribution in [-0.4, -0.2) is 24.4 Å². The lowest BCUT2D eigenvalue weighted by Gasteiger charge is -2.24. The van der Waals surface area contributed by atoms with Gasteiger partial charge in [-0.05, 0) is 17.0 Å². The van der Waals surface area contributed by atoms with Crippen LogP contribution in [0.25, 0.3) is 10.8 Å². The van der Waals surface area contributed by atoms with Crippen molar-refractivity contribution < 1.29 is 18.5 Å². The molecule has 0 radical (unpaired) electrons. The monoisotopic (exact) mass is 409 g/mol. The summed E-state index contributed by atoms with van der Waals surface area (Å²) in [5.41, 5.74) is 0.801. The molecule has 3 aromatic carbocycles. The van der Waals surface area contributed by atoms with Gasteiger partial charge in [0, 0.05) is 5.39 Å². The van der Waals surface area contributed by atoms with E-state index in [1.54, 1.807) is 13.2 Å². The Morgan fingerprint density at radius 2 is 1.72 bits per heavy atom. The average Bonchev–Trinajstić information content (AvgIpc) is 2.78. The van der Waals surface area contributed by atoms with Gasteiger partial charge in [0.25, 0.3) is 0 Å². The van der Waals surface area contributed by atoms with Crippen LogP contribution in [0, 0.1) is 5.92 Å². The molecule has 3 aromatic rings. The summed E-state index contributed by atoms with van der Waals surface area (Å²) in [6, 6.07) is 20.1. The molecule has 29 heavy (non-hydrogen) atoms. The third-order valence-corrected chi connectivity index (χ3v) is 5.99. The van der Waals surface area contributed by atoms with Crippen molar-refractivity contribution in [2.24, 2.45) is 5.92 Å². The highest BCUT2D eigenvalue weighted by molar-refractivity contribution is 7.83. The predicted molar refractivity (Wildman–Crippen MR) is 115 cm³/mol. The number of rotatable bonds is 8. The lowest BCUT2D eigenvalue weighted by atomic mass is 9.94. The van der Waals surface area contributed by atoms with Crippen molar-refractivity contribution in [3.63, 3.8) is 0 Å². The van der Waals surface area contributed by atoms with E-state index < -0.39 is 28.9 Å². The van der Waals surface area contributed by atoms with Crippen molar-refractivity contribution in [3.05, 3.63) is 84.9 Å². The van der Waals surface area contributed by atoms with Gasteiger partial charge >= 0.3 is 5.97 Å². The molecule has 1 N–H and O–H groups in total. The zero-order chi connectivity index (χ0) is 20.8. The molecule has 0 fully saturated rings. The lowest BCUT2D eigenvalue weighted by Crippen LogP contribution is -2.34. The molecule has 0 amide bonds. The number of hydrogen-bond donors (Lipinski definition) is 1. The van der Waals surface area contributed by atoms with Gasteiger partial charge in [0.15, 0.2) is 0 Å². The van der Waals surface area contributed by atoms with Gasteiger partial charge in [-0.3, -0.25) is 4.79 Å². The Kier molecular flexibility index (Phi) is 6.80. The minimum atomic E-state index is -1.67. The summed E-state index contributed by atoms with van der Waals surface area (Å²) in [6.45, 7) is 3.78. The standard InChI is InChI=1S/C23H23NO4S/c1-4-18(23(25)28-3)21(17-11-6-5-7-12-17)24-29(26)22-19-13-9-8-10-16(19)14-15-20(22)27-2/h4-15,18,21,24H,1H2,2-3H3/t18-,21-,29?/m0/s1. The van der Waals surface area contributed by atoms with E-state index >= 15 is 0 Å². The first-order valence-electron chi connectivity index (χ1n) is 9.09. The molecule has 0 bridgehead atoms. The van der Waals surface area contributed by atoms with Crippen molar-refractivity contribution in [2.45, 2.75) is 10.9 Å². The van der Waals surface area contributed by atoms with Crippen LogP contribution in [0.2, 0.25) is 0 Å². The van der Waals surface area contributed by atoms with E-state index in [0.717, 1.165) is 16.3 Å². The number of fused-ring (bicyclic) bond motifs is 1. The highest BCUT2D eigenvalue weighted by Gasteiger charge is 2.30. The summed E-state index contributed by atoms with van der Waals surface area (Å²) in [5.74, 6) is -0.662. The van der Waals surface area contributed by atoms with Crippen molar-refractivity contribution in [1.29, 1.82) is 0 Å². The van der Waals surface area contributed by atoms with Crippen LogP contribution >= 0.6 is 0 Å². The SMILES string of the molecule is C=C[C@H](C(=O)OC)[C@@H](NS(=O)c1c(OC)ccc2ccccc12)c1ccccc1. The second kappa shape index (κ2) is 9.49. The molecule has 0 aliphatic heterocycles. The number of esters is 1. The molecule has 150 valence electrons. The lowest BCUT2D eigenvalue weighted by molar-refractivity contribution is -0.144. The number of carbonyl (C=O) groups is 1. The Hall–Kier alpha value is -2.96. The number of nitrogens with one attached hydrogen (secondary N) is 1. The minimum Gasteiger partial charge on any atom is -0.495 e. The fraction of sp³-hybridized carbons (Fsp3) is 0.174. The third kappa shape index (κ3) is 4.39. The van der Waals surface area contributed by atoms with Gasteiger partial charge in [0.1, 0.15) is 21.6 Å². The summed E-state index contributed by atoms with van der Waals surface area (Å²) < 4.78 is 27.0. The molecular weight excluding hydrogens is 386 g/mol. The predicted octanol–water partition coefficient (Wildman–Crippen LogP) is 4.18. The molecule has 0 saturated heterocycles. The van der Waals surface area contributed by atoms with Crippen LogP contribution < -0.4 is 9.46 Å². The van der Waals surface area contributed by atoms with Crippen LogP contribution in [0.1, 0.15) is 11.6 Å². The van der Waals surface area contributed by atoms with Crippen molar-refractivity contribution >= 4 is 27.7 Å². The first-order chi connectivity index (χ1) is 14.1. The summed E-state index contributed by atoms with van der Waals surface area (Å²) >= 11 is 0. The molecule has 0 aliphatic carbocycles. The largest absolute Gasteiger partial charge is 0.495 e. The maximum Gasteiger partial charge on any atom is 0.314 e. The molecule has 0 saturated carbocycles. The zero-order valence-electron chi connectivity index (χ0n) is 16.3. The van der Waals surface area contributed by atoms with Crippen LogP contribution in [0.5, 0.6) is 5.75 Å². The van der Waals surface area contributed by atoms with Gasteiger partial charge in [0.2, 0.25) is 0 Å². The summed E-state index contributed by atoms with van der Waals surface area (Å²) in [6.07, 6.45) is 1.51. The number of methoxy groups -OCH3 is 2. The Bertz CT molecular complexity index is 1040. The van der Waals surface area contributed by atoms with Gasteiger partial charge in [-0.15, -0.1) is 6.58 Å². The normalized spacial score (nSPS) is 14.0. The highest BCUT2D eigenvalue weighted by atomic mass is 32.2. The van der Waals surface area contributed by atoms with Crippen LogP contribution in [0.4, 0.5) is 0 Å². The number of carbonyl (C=O) groups excluding carboxylic acids is 1. The molecule has 1 unspecified atom stereocenters. The van der Waals surface area contributed by atoms with Crippen molar-refractivity contribution in [3.8, 4) is 5.75 Å². The molecule has 0 aromatic heterocycles. The van der Waals surface area contributed by atoms with Gasteiger partial charge in [0.05, 0.1) is 26.2 Å². The average molecular weight is 410 g/mol. The molecule has 0 heterocycles. The molecule has 0 spiro atoms. The molecule has 0 aliphatic rings. The van der Waals surface area contributed by atoms with E-state index in [1.165, 1.54) is 13.2 Å². The summed E-state index contributed by atoms with van der Waals surface area (Å²) in [4.78, 5) is 12.9. The number of ether oxygens (including phenoxy) is 2. The van der Waals surface area contributed by atoms with Gasteiger partial charge in [-0.1, -0.05) is 66.7 Å². The molecule has 3 rings (SSSR count). The van der Waals surface area contributed by atoms with Crippen molar-refractivity contribution in [2.75, 3.05) is 14.2 Å². The summed E-state index contributed by atoms with van der Waals surface area (Å²) in [5, 5.41) is 1.76. The Balaban J connectivity index is 2.07. The smallest absolute Gasteiger partial charge is 0.314 e. The maximum atomic E-state index is 13.5. The molecule has 5 nitrogen and oxygen atoms in total. The van der Waals surface area contributed by atoms with Crippen molar-refractivity contribution in [1.82, 2.24) is 4.72 Å². The Labute approximate surface area is 172 Å². The second-order valence-corrected chi connectivity index (χ2v) is 7.56. The maximum absolute atomic E-state index is 13.5. The van der Waals surface area contributed by atoms with E-state index in [1.807, 2.05) is 60.7 Å². The molecule has 6 heteroatoms. The fourth-order valence-electron chi connectivity index (χ4n) is 3.26. The van der Waals surface area contributed by atoms with E-state index in [0.29, 0.717) is 10.6 Å². The van der Waals surface area contributed by atoms with E-state index in [4.69, 9.17) is 9.47 Å². The van der Waals surface area contributed by atoms with Crippen LogP contribution in [-0.2, 0) is 20.5 Å². The Morgan fingerprint density at radius 1 is 1.03 bits per heavy atom. The fourth-order valence-corrected chi connectivity index (χ4v) is 4.61. The van der Waals surface area contributed by atoms with Gasteiger partial charge in [-0.2, -0.15) is 0 Å². The molecule has 3 atom stereocenters. The topological polar surface area (TPSA) is 64.6 Å². The first-order valence-corrected chi connectivity index (χ1v) is 10.2. The summed E-state index contributed by atoms with van der Waals surface area (Å²) in [7, 11) is 1.20. The van der Waals surface area contributed by atoms with E-state index in [9.17, 15) is 9.00 Å². The highest BCUT2D eigenvalue weighted by Crippen LogP contribution is 2.33. The van der Waals surface area contributed by atoms with Gasteiger partial charge < -0.3 is 9.47 Å². The Morgan fingerprint density at radius 3 is 2.38 bits per heavy atom. The number of hydrogen-bond acceptors (Lipinski definition) is 4. The number of benzene rings is 3. The van der Waals surface area contributed by atoms with E-state index in [2.05, 4.69) is 11.3 Å². The molecular formula is C23H23NO4S. The second-order valence-electron chi connectivity index (χ2n) is 6.38.